The molecule has 0 radical (unpaired) electrons. The van der Waals surface area contributed by atoms with Crippen molar-refractivity contribution in [1.82, 2.24) is 0 Å². The van der Waals surface area contributed by atoms with E-state index in [2.05, 4.69) is 0 Å². The van der Waals surface area contributed by atoms with Crippen LogP contribution in [0.5, 0.6) is 5.75 Å². The Morgan fingerprint density at radius 1 is 1.16 bits per heavy atom. The number of carbonyl (C=O) groups excluding carboxylic acids is 1. The van der Waals surface area contributed by atoms with Gasteiger partial charge in [-0.2, -0.15) is 0 Å². The van der Waals surface area contributed by atoms with Crippen LogP contribution in [0.4, 0.5) is 4.39 Å². The molecule has 2 aromatic rings. The Labute approximate surface area is 193 Å². The molecule has 1 heterocycles. The molecule has 2 fully saturated rings. The minimum Gasteiger partial charge on any atom is -0.492 e. The van der Waals surface area contributed by atoms with Crippen molar-refractivity contribution in [2.45, 2.75) is 57.5 Å². The van der Waals surface area contributed by atoms with Gasteiger partial charge in [0.05, 0.1) is 12.7 Å². The summed E-state index contributed by atoms with van der Waals surface area (Å²) < 4.78 is 25.0. The highest BCUT2D eigenvalue weighted by Gasteiger charge is 2.35. The molecule has 1 unspecified atom stereocenters. The van der Waals surface area contributed by atoms with Crippen LogP contribution in [-0.2, 0) is 9.53 Å². The topological polar surface area (TPSA) is 55.8 Å². The fourth-order valence-corrected chi connectivity index (χ4v) is 5.41. The Morgan fingerprint density at radius 3 is 2.56 bits per heavy atom. The molecule has 172 valence electrons. The van der Waals surface area contributed by atoms with Gasteiger partial charge < -0.3 is 14.6 Å². The highest BCUT2D eigenvalue weighted by atomic mass is 35.5. The van der Waals surface area contributed by atoms with Crippen LogP contribution in [0.15, 0.2) is 36.4 Å². The third-order valence-corrected chi connectivity index (χ3v) is 7.00. The number of aliphatic hydroxyl groups is 1. The maximum absolute atomic E-state index is 13.7. The van der Waals surface area contributed by atoms with Crippen LogP contribution in [0, 0.1) is 24.6 Å². The van der Waals surface area contributed by atoms with Crippen molar-refractivity contribution in [3.8, 4) is 5.75 Å². The third kappa shape index (κ3) is 5.10. The molecule has 4 rings (SSSR count). The molecule has 1 aliphatic heterocycles. The van der Waals surface area contributed by atoms with Crippen LogP contribution in [0.1, 0.15) is 61.1 Å². The third-order valence-electron chi connectivity index (χ3n) is 6.79. The average molecular weight is 461 g/mol. The minimum atomic E-state index is -0.779. The first-order chi connectivity index (χ1) is 15.4. The lowest BCUT2D eigenvalue weighted by Gasteiger charge is -2.33. The predicted molar refractivity (Wildman–Crippen MR) is 122 cm³/mol. The fourth-order valence-electron chi connectivity index (χ4n) is 5.13. The number of ether oxygens (including phenoxy) is 2. The van der Waals surface area contributed by atoms with Crippen molar-refractivity contribution in [1.29, 1.82) is 0 Å². The Balaban J connectivity index is 1.71. The van der Waals surface area contributed by atoms with Crippen molar-refractivity contribution in [2.75, 3.05) is 13.2 Å². The van der Waals surface area contributed by atoms with Gasteiger partial charge in [0, 0.05) is 22.9 Å². The summed E-state index contributed by atoms with van der Waals surface area (Å²) in [7, 11) is 0. The standard InChI is InChI=1S/C26H30ClFO4/c1-16-13-19(27)14-21(25(16)32-15-22-23(29)11-12-31-26(22)30)24(17-5-3-2-4-6-17)18-7-9-20(28)10-8-18/h7-10,13-14,17,22-24,29H,2-6,11-12,15H2,1H3/t22-,23+,24?/m0/s1. The van der Waals surface area contributed by atoms with Crippen molar-refractivity contribution >= 4 is 17.6 Å². The summed E-state index contributed by atoms with van der Waals surface area (Å²) in [4.78, 5) is 12.2. The molecule has 0 spiro atoms. The smallest absolute Gasteiger partial charge is 0.315 e. The zero-order valence-corrected chi connectivity index (χ0v) is 19.1. The maximum Gasteiger partial charge on any atom is 0.315 e. The van der Waals surface area contributed by atoms with E-state index in [9.17, 15) is 14.3 Å². The van der Waals surface area contributed by atoms with Gasteiger partial charge in [-0.3, -0.25) is 4.79 Å². The number of halogens is 2. The number of aryl methyl sites for hydroxylation is 1. The number of carbonyl (C=O) groups is 1. The molecule has 0 bridgehead atoms. The monoisotopic (exact) mass is 460 g/mol. The predicted octanol–water partition coefficient (Wildman–Crippen LogP) is 5.80. The Kier molecular flexibility index (Phi) is 7.37. The van der Waals surface area contributed by atoms with Crippen molar-refractivity contribution in [2.24, 2.45) is 11.8 Å². The molecule has 32 heavy (non-hydrogen) atoms. The number of benzene rings is 2. The van der Waals surface area contributed by atoms with Gasteiger partial charge in [0.1, 0.15) is 24.1 Å². The summed E-state index contributed by atoms with van der Waals surface area (Å²) in [6.07, 6.45) is 5.36. The first kappa shape index (κ1) is 23.1. The van der Waals surface area contributed by atoms with Crippen LogP contribution in [-0.4, -0.2) is 30.4 Å². The minimum absolute atomic E-state index is 0.00605. The summed E-state index contributed by atoms with van der Waals surface area (Å²) in [5, 5.41) is 10.9. The van der Waals surface area contributed by atoms with Crippen LogP contribution in [0.3, 0.4) is 0 Å². The molecule has 1 saturated carbocycles. The number of hydrogen-bond donors (Lipinski definition) is 1. The first-order valence-corrected chi connectivity index (χ1v) is 11.8. The van der Waals surface area contributed by atoms with Crippen LogP contribution < -0.4 is 4.74 Å². The Morgan fingerprint density at radius 2 is 1.88 bits per heavy atom. The summed E-state index contributed by atoms with van der Waals surface area (Å²) in [6.45, 7) is 2.20. The fraction of sp³-hybridized carbons (Fsp3) is 0.500. The van der Waals surface area contributed by atoms with E-state index in [-0.39, 0.29) is 24.9 Å². The van der Waals surface area contributed by atoms with Crippen molar-refractivity contribution < 1.29 is 23.8 Å². The molecule has 1 aliphatic carbocycles. The normalized spacial score (nSPS) is 22.9. The molecule has 4 nitrogen and oxygen atoms in total. The van der Waals surface area contributed by atoms with E-state index in [1.807, 2.05) is 31.2 Å². The second-order valence-electron chi connectivity index (χ2n) is 9.01. The zero-order valence-electron chi connectivity index (χ0n) is 18.4. The van der Waals surface area contributed by atoms with Gasteiger partial charge in [0.15, 0.2) is 0 Å². The van der Waals surface area contributed by atoms with Gasteiger partial charge in [-0.1, -0.05) is 43.0 Å². The molecule has 1 N–H and O–H groups in total. The molecule has 2 aliphatic rings. The van der Waals surface area contributed by atoms with Gasteiger partial charge in [-0.05, 0) is 61.1 Å². The lowest BCUT2D eigenvalue weighted by atomic mass is 9.73. The Bertz CT molecular complexity index is 940. The van der Waals surface area contributed by atoms with E-state index in [1.54, 1.807) is 0 Å². The molecule has 6 heteroatoms. The van der Waals surface area contributed by atoms with Crippen LogP contribution in [0.25, 0.3) is 0 Å². The number of esters is 1. The summed E-state index contributed by atoms with van der Waals surface area (Å²) in [5.74, 6) is -0.337. The SMILES string of the molecule is Cc1cc(Cl)cc(C(c2ccc(F)cc2)C2CCCCC2)c1OC[C@@H]1C(=O)OCC[C@H]1O. The second kappa shape index (κ2) is 10.2. The van der Waals surface area contributed by atoms with Gasteiger partial charge in [0.2, 0.25) is 0 Å². The van der Waals surface area contributed by atoms with Crippen molar-refractivity contribution in [3.05, 3.63) is 63.9 Å². The average Bonchev–Trinajstić information content (AvgIpc) is 2.77. The Hall–Kier alpha value is -2.11. The van der Waals surface area contributed by atoms with E-state index in [4.69, 9.17) is 21.1 Å². The van der Waals surface area contributed by atoms with Gasteiger partial charge in [-0.25, -0.2) is 4.39 Å². The number of hydrogen-bond acceptors (Lipinski definition) is 4. The largest absolute Gasteiger partial charge is 0.492 e. The molecule has 0 aromatic heterocycles. The van der Waals surface area contributed by atoms with E-state index >= 15 is 0 Å². The molecular weight excluding hydrogens is 431 g/mol. The van der Waals surface area contributed by atoms with Crippen LogP contribution in [0.2, 0.25) is 5.02 Å². The first-order valence-electron chi connectivity index (χ1n) is 11.5. The van der Waals surface area contributed by atoms with Crippen LogP contribution >= 0.6 is 11.6 Å². The zero-order chi connectivity index (χ0) is 22.7. The highest BCUT2D eigenvalue weighted by Crippen LogP contribution is 2.45. The van der Waals surface area contributed by atoms with Crippen molar-refractivity contribution in [3.63, 3.8) is 0 Å². The van der Waals surface area contributed by atoms with E-state index in [1.165, 1.54) is 18.6 Å². The van der Waals surface area contributed by atoms with E-state index in [0.29, 0.717) is 23.1 Å². The number of rotatable bonds is 6. The molecule has 1 saturated heterocycles. The van der Waals surface area contributed by atoms with Gasteiger partial charge in [0.25, 0.3) is 0 Å². The highest BCUT2D eigenvalue weighted by molar-refractivity contribution is 6.30. The molecular formula is C26H30ClFO4. The van der Waals surface area contributed by atoms with Gasteiger partial charge >= 0.3 is 5.97 Å². The lowest BCUT2D eigenvalue weighted by molar-refractivity contribution is -0.162. The summed E-state index contributed by atoms with van der Waals surface area (Å²) >= 11 is 6.48. The second-order valence-corrected chi connectivity index (χ2v) is 9.45. The molecule has 2 aromatic carbocycles. The lowest BCUT2D eigenvalue weighted by Crippen LogP contribution is -2.40. The van der Waals surface area contributed by atoms with Gasteiger partial charge in [-0.15, -0.1) is 0 Å². The van der Waals surface area contributed by atoms with E-state index < -0.39 is 18.0 Å². The summed E-state index contributed by atoms with van der Waals surface area (Å²) in [5.41, 5.74) is 2.85. The maximum atomic E-state index is 13.7. The summed E-state index contributed by atoms with van der Waals surface area (Å²) in [6, 6.07) is 10.5. The molecule has 3 atom stereocenters. The number of aliphatic hydroxyl groups excluding tert-OH is 1. The quantitative estimate of drug-likeness (QED) is 0.553. The number of cyclic esters (lactones) is 1. The van der Waals surface area contributed by atoms with E-state index in [0.717, 1.165) is 42.4 Å². The molecule has 0 amide bonds.